The molecule has 5 heteroatoms. The maximum atomic E-state index is 12.3. The van der Waals surface area contributed by atoms with E-state index >= 15 is 0 Å². The summed E-state index contributed by atoms with van der Waals surface area (Å²) < 4.78 is 5.01. The molecule has 5 nitrogen and oxygen atoms in total. The predicted molar refractivity (Wildman–Crippen MR) is 68.0 cm³/mol. The number of methoxy groups -OCH3 is 1. The topological polar surface area (TPSA) is 61.8 Å². The molecule has 1 aromatic carbocycles. The molecular formula is C13H18N2O3. The van der Waals surface area contributed by atoms with Gasteiger partial charge in [-0.2, -0.15) is 0 Å². The second kappa shape index (κ2) is 5.27. The molecule has 1 aliphatic rings. The van der Waals surface area contributed by atoms with Crippen molar-refractivity contribution < 1.29 is 14.6 Å². The van der Waals surface area contributed by atoms with Crippen molar-refractivity contribution in [1.82, 2.24) is 10.2 Å². The van der Waals surface area contributed by atoms with Crippen molar-refractivity contribution in [2.24, 2.45) is 0 Å². The Morgan fingerprint density at radius 3 is 3.00 bits per heavy atom. The van der Waals surface area contributed by atoms with Crippen LogP contribution in [0, 0.1) is 0 Å². The number of ether oxygens (including phenoxy) is 1. The Labute approximate surface area is 106 Å². The van der Waals surface area contributed by atoms with Gasteiger partial charge in [0.15, 0.2) is 11.5 Å². The molecule has 0 aromatic heterocycles. The lowest BCUT2D eigenvalue weighted by Gasteiger charge is -2.32. The highest BCUT2D eigenvalue weighted by Gasteiger charge is 2.24. The lowest BCUT2D eigenvalue weighted by molar-refractivity contribution is 0.0705. The van der Waals surface area contributed by atoms with Crippen LogP contribution in [-0.4, -0.2) is 48.7 Å². The first kappa shape index (κ1) is 12.7. The van der Waals surface area contributed by atoms with Gasteiger partial charge in [-0.1, -0.05) is 6.07 Å². The van der Waals surface area contributed by atoms with Crippen LogP contribution >= 0.6 is 0 Å². The van der Waals surface area contributed by atoms with E-state index in [-0.39, 0.29) is 17.7 Å². The summed E-state index contributed by atoms with van der Waals surface area (Å²) in [5.74, 6) is 0.0833. The van der Waals surface area contributed by atoms with Crippen molar-refractivity contribution in [3.05, 3.63) is 23.8 Å². The molecule has 0 aliphatic carbocycles. The Kier molecular flexibility index (Phi) is 3.72. The number of nitrogens with one attached hydrogen (secondary N) is 1. The maximum Gasteiger partial charge on any atom is 0.257 e. The van der Waals surface area contributed by atoms with E-state index in [0.717, 1.165) is 6.54 Å². The Hall–Kier alpha value is -1.75. The van der Waals surface area contributed by atoms with E-state index < -0.39 is 0 Å². The van der Waals surface area contributed by atoms with Crippen LogP contribution in [0.2, 0.25) is 0 Å². The van der Waals surface area contributed by atoms with Gasteiger partial charge in [0, 0.05) is 25.7 Å². The Morgan fingerprint density at radius 2 is 2.33 bits per heavy atom. The molecule has 1 atom stereocenters. The van der Waals surface area contributed by atoms with Gasteiger partial charge in [0.05, 0.1) is 12.7 Å². The van der Waals surface area contributed by atoms with Crippen molar-refractivity contribution >= 4 is 5.91 Å². The van der Waals surface area contributed by atoms with Gasteiger partial charge in [-0.3, -0.25) is 4.79 Å². The number of piperazine rings is 1. The number of para-hydroxylation sites is 1. The van der Waals surface area contributed by atoms with Crippen LogP contribution in [0.15, 0.2) is 18.2 Å². The van der Waals surface area contributed by atoms with E-state index in [2.05, 4.69) is 5.32 Å². The summed E-state index contributed by atoms with van der Waals surface area (Å²) in [5.41, 5.74) is 0.295. The zero-order chi connectivity index (χ0) is 13.1. The van der Waals surface area contributed by atoms with Gasteiger partial charge >= 0.3 is 0 Å². The minimum Gasteiger partial charge on any atom is -0.504 e. The number of hydrogen-bond donors (Lipinski definition) is 2. The number of aromatic hydroxyl groups is 1. The number of nitrogens with zero attached hydrogens (tertiary/aromatic N) is 1. The first-order valence-corrected chi connectivity index (χ1v) is 6.02. The third kappa shape index (κ3) is 2.41. The lowest BCUT2D eigenvalue weighted by atomic mass is 10.1. The van der Waals surface area contributed by atoms with E-state index in [1.54, 1.807) is 23.1 Å². The highest BCUT2D eigenvalue weighted by Crippen LogP contribution is 2.30. The molecular weight excluding hydrogens is 232 g/mol. The summed E-state index contributed by atoms with van der Waals surface area (Å²) >= 11 is 0. The second-order valence-electron chi connectivity index (χ2n) is 4.46. The number of phenolic OH excluding ortho intramolecular Hbond substituents is 1. The lowest BCUT2D eigenvalue weighted by Crippen LogP contribution is -2.51. The zero-order valence-corrected chi connectivity index (χ0v) is 10.6. The van der Waals surface area contributed by atoms with E-state index in [1.165, 1.54) is 7.11 Å². The van der Waals surface area contributed by atoms with E-state index in [0.29, 0.717) is 24.4 Å². The van der Waals surface area contributed by atoms with Crippen molar-refractivity contribution in [1.29, 1.82) is 0 Å². The molecule has 1 amide bonds. The van der Waals surface area contributed by atoms with Crippen molar-refractivity contribution in [3.8, 4) is 11.5 Å². The summed E-state index contributed by atoms with van der Waals surface area (Å²) in [5, 5.41) is 13.2. The second-order valence-corrected chi connectivity index (χ2v) is 4.46. The quantitative estimate of drug-likeness (QED) is 0.816. The van der Waals surface area contributed by atoms with E-state index in [4.69, 9.17) is 4.74 Å². The van der Waals surface area contributed by atoms with Crippen LogP contribution in [-0.2, 0) is 0 Å². The van der Waals surface area contributed by atoms with Crippen molar-refractivity contribution in [2.75, 3.05) is 26.7 Å². The van der Waals surface area contributed by atoms with Crippen molar-refractivity contribution in [2.45, 2.75) is 13.0 Å². The first-order chi connectivity index (χ1) is 8.63. The van der Waals surface area contributed by atoms with Gasteiger partial charge in [0.2, 0.25) is 0 Å². The fraction of sp³-hybridized carbons (Fsp3) is 0.462. The SMILES string of the molecule is COc1cccc(C(=O)N2CCN[C@H](C)C2)c1O. The molecule has 98 valence electrons. The van der Waals surface area contributed by atoms with Crippen LogP contribution in [0.3, 0.4) is 0 Å². The molecule has 0 unspecified atom stereocenters. The third-order valence-electron chi connectivity index (χ3n) is 3.11. The van der Waals surface area contributed by atoms with Gasteiger partial charge in [0.1, 0.15) is 0 Å². The molecule has 1 aliphatic heterocycles. The van der Waals surface area contributed by atoms with Crippen LogP contribution in [0.5, 0.6) is 11.5 Å². The summed E-state index contributed by atoms with van der Waals surface area (Å²) in [6.45, 7) is 4.11. The average Bonchev–Trinajstić information content (AvgIpc) is 2.38. The number of phenols is 1. The Bertz CT molecular complexity index is 448. The Balaban J connectivity index is 2.23. The highest BCUT2D eigenvalue weighted by molar-refractivity contribution is 5.97. The molecule has 1 aromatic rings. The molecule has 0 saturated carbocycles. The molecule has 0 spiro atoms. The number of carbonyl (C=O) groups excluding carboxylic acids is 1. The van der Waals surface area contributed by atoms with Gasteiger partial charge < -0.3 is 20.1 Å². The molecule has 1 heterocycles. The van der Waals surface area contributed by atoms with Gasteiger partial charge in [-0.15, -0.1) is 0 Å². The van der Waals surface area contributed by atoms with E-state index in [1.807, 2.05) is 6.92 Å². The third-order valence-corrected chi connectivity index (χ3v) is 3.11. The van der Waals surface area contributed by atoms with Crippen LogP contribution in [0.1, 0.15) is 17.3 Å². The maximum absolute atomic E-state index is 12.3. The highest BCUT2D eigenvalue weighted by atomic mass is 16.5. The largest absolute Gasteiger partial charge is 0.504 e. The van der Waals surface area contributed by atoms with Crippen LogP contribution in [0.25, 0.3) is 0 Å². The van der Waals surface area contributed by atoms with Crippen LogP contribution < -0.4 is 10.1 Å². The molecule has 2 rings (SSSR count). The normalized spacial score (nSPS) is 19.7. The van der Waals surface area contributed by atoms with Gasteiger partial charge in [-0.25, -0.2) is 0 Å². The van der Waals surface area contributed by atoms with Crippen molar-refractivity contribution in [3.63, 3.8) is 0 Å². The minimum atomic E-state index is -0.153. The molecule has 2 N–H and O–H groups in total. The van der Waals surface area contributed by atoms with Gasteiger partial charge in [-0.05, 0) is 19.1 Å². The monoisotopic (exact) mass is 250 g/mol. The number of amides is 1. The molecule has 1 saturated heterocycles. The Morgan fingerprint density at radius 1 is 1.56 bits per heavy atom. The predicted octanol–water partition coefficient (Wildman–Crippen LogP) is 0.835. The fourth-order valence-corrected chi connectivity index (χ4v) is 2.15. The number of carbonyl (C=O) groups is 1. The van der Waals surface area contributed by atoms with E-state index in [9.17, 15) is 9.90 Å². The molecule has 0 bridgehead atoms. The molecule has 18 heavy (non-hydrogen) atoms. The number of hydrogen-bond acceptors (Lipinski definition) is 4. The van der Waals surface area contributed by atoms with Crippen LogP contribution in [0.4, 0.5) is 0 Å². The summed E-state index contributed by atoms with van der Waals surface area (Å²) in [4.78, 5) is 14.1. The zero-order valence-electron chi connectivity index (χ0n) is 10.6. The average molecular weight is 250 g/mol. The minimum absolute atomic E-state index is 0.0869. The standard InChI is InChI=1S/C13H18N2O3/c1-9-8-15(7-6-14-9)13(17)10-4-3-5-11(18-2)12(10)16/h3-5,9,14,16H,6-8H2,1-2H3/t9-/m1/s1. The number of benzene rings is 1. The smallest absolute Gasteiger partial charge is 0.257 e. The molecule has 0 radical (unpaired) electrons. The van der Waals surface area contributed by atoms with Gasteiger partial charge in [0.25, 0.3) is 5.91 Å². The number of rotatable bonds is 2. The molecule has 1 fully saturated rings. The summed E-state index contributed by atoms with van der Waals surface area (Å²) in [7, 11) is 1.47. The summed E-state index contributed by atoms with van der Waals surface area (Å²) in [6, 6.07) is 5.23. The summed E-state index contributed by atoms with van der Waals surface area (Å²) in [6.07, 6.45) is 0. The fourth-order valence-electron chi connectivity index (χ4n) is 2.15. The first-order valence-electron chi connectivity index (χ1n) is 6.02.